The van der Waals surface area contributed by atoms with E-state index in [2.05, 4.69) is 19.2 Å². The molecular weight excluding hydrogens is 342 g/mol. The summed E-state index contributed by atoms with van der Waals surface area (Å²) in [6.07, 6.45) is 5.49. The number of rotatable bonds is 4. The molecule has 24 heavy (non-hydrogen) atoms. The number of aromatic nitrogens is 2. The number of thiophene rings is 1. The summed E-state index contributed by atoms with van der Waals surface area (Å²) in [6, 6.07) is 0. The van der Waals surface area contributed by atoms with E-state index >= 15 is 0 Å². The van der Waals surface area contributed by atoms with Crippen molar-refractivity contribution in [2.75, 3.05) is 24.7 Å². The first-order valence-electron chi connectivity index (χ1n) is 8.41. The lowest BCUT2D eigenvalue weighted by Crippen LogP contribution is -2.31. The highest BCUT2D eigenvalue weighted by atomic mass is 32.2. The first-order chi connectivity index (χ1) is 11.6. The molecule has 1 N–H and O–H groups in total. The van der Waals surface area contributed by atoms with Crippen molar-refractivity contribution < 1.29 is 9.47 Å². The van der Waals surface area contributed by atoms with Crippen LogP contribution in [0.5, 0.6) is 0 Å². The van der Waals surface area contributed by atoms with E-state index in [1.54, 1.807) is 23.1 Å². The zero-order valence-corrected chi connectivity index (χ0v) is 16.0. The van der Waals surface area contributed by atoms with Crippen LogP contribution in [-0.2, 0) is 22.5 Å². The topological polar surface area (TPSA) is 56.3 Å². The van der Waals surface area contributed by atoms with Crippen molar-refractivity contribution >= 4 is 39.1 Å². The third-order valence-corrected chi connectivity index (χ3v) is 6.26. The van der Waals surface area contributed by atoms with Gasteiger partial charge < -0.3 is 14.8 Å². The standard InChI is InChI=1S/C17H23N3O2S2/c1-17(2)7-11-12(9-22-17)24-15-13(11)14(19-16(20-15)23-3)18-8-10-5-4-6-21-10/h10H,4-9H2,1-3H3,(H,18,19,20)/t10-/m0/s1. The van der Waals surface area contributed by atoms with Crippen LogP contribution in [0.4, 0.5) is 5.82 Å². The van der Waals surface area contributed by atoms with Crippen LogP contribution >= 0.6 is 23.1 Å². The maximum Gasteiger partial charge on any atom is 0.190 e. The predicted octanol–water partition coefficient (Wildman–Crippen LogP) is 3.86. The molecule has 0 saturated carbocycles. The minimum atomic E-state index is -0.134. The van der Waals surface area contributed by atoms with Gasteiger partial charge in [0.1, 0.15) is 10.6 Å². The maximum atomic E-state index is 5.98. The first kappa shape index (κ1) is 16.6. The molecule has 0 amide bonds. The lowest BCUT2D eigenvalue weighted by atomic mass is 9.94. The number of ether oxygens (including phenoxy) is 2. The molecule has 130 valence electrons. The molecule has 2 aromatic rings. The van der Waals surface area contributed by atoms with Gasteiger partial charge in [-0.25, -0.2) is 9.97 Å². The molecule has 5 nitrogen and oxygen atoms in total. The number of thioether (sulfide) groups is 1. The molecule has 1 atom stereocenters. The van der Waals surface area contributed by atoms with Gasteiger partial charge in [-0.05, 0) is 38.5 Å². The fourth-order valence-corrected chi connectivity index (χ4v) is 4.89. The van der Waals surface area contributed by atoms with Crippen molar-refractivity contribution in [1.29, 1.82) is 0 Å². The third kappa shape index (κ3) is 3.14. The average molecular weight is 366 g/mol. The molecule has 1 saturated heterocycles. The molecule has 2 aromatic heterocycles. The second kappa shape index (κ2) is 6.44. The van der Waals surface area contributed by atoms with Gasteiger partial charge in [-0.1, -0.05) is 11.8 Å². The van der Waals surface area contributed by atoms with Crippen molar-refractivity contribution in [3.8, 4) is 0 Å². The Hall–Kier alpha value is -0.890. The molecule has 1 fully saturated rings. The lowest BCUT2D eigenvalue weighted by Gasteiger charge is -2.30. The van der Waals surface area contributed by atoms with Crippen molar-refractivity contribution in [2.45, 2.75) is 56.6 Å². The van der Waals surface area contributed by atoms with E-state index in [0.29, 0.717) is 12.7 Å². The highest BCUT2D eigenvalue weighted by molar-refractivity contribution is 7.98. The fourth-order valence-electron chi connectivity index (χ4n) is 3.36. The van der Waals surface area contributed by atoms with Crippen LogP contribution in [0.3, 0.4) is 0 Å². The zero-order chi connectivity index (χ0) is 16.7. The number of hydrogen-bond donors (Lipinski definition) is 1. The summed E-state index contributed by atoms with van der Waals surface area (Å²) in [4.78, 5) is 11.8. The zero-order valence-electron chi connectivity index (χ0n) is 14.3. The molecule has 7 heteroatoms. The van der Waals surface area contributed by atoms with E-state index < -0.39 is 0 Å². The minimum absolute atomic E-state index is 0.134. The molecule has 4 heterocycles. The van der Waals surface area contributed by atoms with E-state index in [1.807, 2.05) is 6.26 Å². The van der Waals surface area contributed by atoms with Gasteiger partial charge in [0, 0.05) is 24.4 Å². The van der Waals surface area contributed by atoms with Crippen LogP contribution in [0.1, 0.15) is 37.1 Å². The lowest BCUT2D eigenvalue weighted by molar-refractivity contribution is -0.0379. The number of nitrogens with one attached hydrogen (secondary N) is 1. The van der Waals surface area contributed by atoms with Gasteiger partial charge in [0.15, 0.2) is 5.16 Å². The van der Waals surface area contributed by atoms with E-state index in [9.17, 15) is 0 Å². The van der Waals surface area contributed by atoms with Crippen molar-refractivity contribution in [3.63, 3.8) is 0 Å². The molecule has 0 aliphatic carbocycles. The Morgan fingerprint density at radius 1 is 1.38 bits per heavy atom. The van der Waals surface area contributed by atoms with Gasteiger partial charge >= 0.3 is 0 Å². The van der Waals surface area contributed by atoms with E-state index in [4.69, 9.17) is 19.4 Å². The van der Waals surface area contributed by atoms with Crippen LogP contribution in [-0.4, -0.2) is 41.1 Å². The summed E-state index contributed by atoms with van der Waals surface area (Å²) < 4.78 is 11.7. The Morgan fingerprint density at radius 3 is 3.00 bits per heavy atom. The van der Waals surface area contributed by atoms with Crippen LogP contribution in [0, 0.1) is 0 Å². The predicted molar refractivity (Wildman–Crippen MR) is 99.2 cm³/mol. The number of nitrogens with zero attached hydrogens (tertiary/aromatic N) is 2. The summed E-state index contributed by atoms with van der Waals surface area (Å²) in [5.41, 5.74) is 1.22. The quantitative estimate of drug-likeness (QED) is 0.656. The average Bonchev–Trinajstić information content (AvgIpc) is 3.18. The molecule has 2 aliphatic rings. The molecule has 0 bridgehead atoms. The Kier molecular flexibility index (Phi) is 4.45. The van der Waals surface area contributed by atoms with E-state index in [0.717, 1.165) is 48.2 Å². The number of anilines is 1. The van der Waals surface area contributed by atoms with Crippen LogP contribution in [0.2, 0.25) is 0 Å². The van der Waals surface area contributed by atoms with Gasteiger partial charge in [-0.2, -0.15) is 0 Å². The van der Waals surface area contributed by atoms with Crippen LogP contribution in [0.15, 0.2) is 5.16 Å². The number of fused-ring (bicyclic) bond motifs is 3. The highest BCUT2D eigenvalue weighted by Gasteiger charge is 2.31. The van der Waals surface area contributed by atoms with Crippen LogP contribution in [0.25, 0.3) is 10.2 Å². The van der Waals surface area contributed by atoms with Gasteiger partial charge in [0.25, 0.3) is 0 Å². The smallest absolute Gasteiger partial charge is 0.190 e. The summed E-state index contributed by atoms with van der Waals surface area (Å²) in [5, 5.41) is 5.54. The van der Waals surface area contributed by atoms with Gasteiger partial charge in [0.05, 0.1) is 23.7 Å². The Bertz CT molecular complexity index is 754. The molecule has 0 unspecified atom stereocenters. The van der Waals surface area contributed by atoms with E-state index in [-0.39, 0.29) is 5.60 Å². The molecule has 2 aliphatic heterocycles. The largest absolute Gasteiger partial charge is 0.376 e. The van der Waals surface area contributed by atoms with E-state index in [1.165, 1.54) is 15.8 Å². The second-order valence-electron chi connectivity index (χ2n) is 6.98. The molecule has 0 radical (unpaired) electrons. The highest BCUT2D eigenvalue weighted by Crippen LogP contribution is 2.41. The van der Waals surface area contributed by atoms with Crippen molar-refractivity contribution in [3.05, 3.63) is 10.4 Å². The molecule has 0 aromatic carbocycles. The Labute approximate surface area is 150 Å². The second-order valence-corrected chi connectivity index (χ2v) is 8.84. The summed E-state index contributed by atoms with van der Waals surface area (Å²) in [5.74, 6) is 0.954. The molecule has 4 rings (SSSR count). The summed E-state index contributed by atoms with van der Waals surface area (Å²) >= 11 is 3.33. The van der Waals surface area contributed by atoms with Gasteiger partial charge in [0.2, 0.25) is 0 Å². The summed E-state index contributed by atoms with van der Waals surface area (Å²) in [7, 11) is 0. The normalized spacial score (nSPS) is 22.7. The van der Waals surface area contributed by atoms with Gasteiger partial charge in [-0.15, -0.1) is 11.3 Å². The minimum Gasteiger partial charge on any atom is -0.376 e. The molecular formula is C17H23N3O2S2. The van der Waals surface area contributed by atoms with Crippen LogP contribution < -0.4 is 5.32 Å². The summed E-state index contributed by atoms with van der Waals surface area (Å²) in [6.45, 7) is 6.65. The maximum absolute atomic E-state index is 5.98. The third-order valence-electron chi connectivity index (χ3n) is 4.61. The first-order valence-corrected chi connectivity index (χ1v) is 10.5. The Morgan fingerprint density at radius 2 is 2.25 bits per heavy atom. The van der Waals surface area contributed by atoms with Gasteiger partial charge in [-0.3, -0.25) is 0 Å². The van der Waals surface area contributed by atoms with Crippen molar-refractivity contribution in [1.82, 2.24) is 9.97 Å². The molecule has 0 spiro atoms. The monoisotopic (exact) mass is 365 g/mol. The Balaban J connectivity index is 1.73. The SMILES string of the molecule is CSc1nc(NC[C@@H]2CCCO2)c2c3c(sc2n1)COC(C)(C)C3. The number of hydrogen-bond acceptors (Lipinski definition) is 7. The fraction of sp³-hybridized carbons (Fsp3) is 0.647. The van der Waals surface area contributed by atoms with Crippen molar-refractivity contribution in [2.24, 2.45) is 0 Å².